The Labute approximate surface area is 140 Å². The predicted octanol–water partition coefficient (Wildman–Crippen LogP) is 2.35. The molecule has 1 atom stereocenters. The van der Waals surface area contributed by atoms with Crippen molar-refractivity contribution in [2.24, 2.45) is 0 Å². The number of rotatable bonds is 5. The molecule has 0 bridgehead atoms. The topological polar surface area (TPSA) is 71.5 Å². The van der Waals surface area contributed by atoms with Crippen molar-refractivity contribution >= 4 is 35.8 Å². The Hall–Kier alpha value is -0.440. The van der Waals surface area contributed by atoms with Gasteiger partial charge in [0.05, 0.1) is 16.4 Å². The molecule has 0 unspecified atom stereocenters. The van der Waals surface area contributed by atoms with Crippen LogP contribution in [0.25, 0.3) is 0 Å². The lowest BCUT2D eigenvalue weighted by Crippen LogP contribution is -2.41. The molecule has 1 aromatic rings. The molecule has 0 saturated carbocycles. The van der Waals surface area contributed by atoms with Crippen molar-refractivity contribution in [1.29, 1.82) is 0 Å². The highest BCUT2D eigenvalue weighted by Gasteiger charge is 2.38. The summed E-state index contributed by atoms with van der Waals surface area (Å²) in [6.45, 7) is 3.96. The highest BCUT2D eigenvalue weighted by Crippen LogP contribution is 2.28. The quantitative estimate of drug-likeness (QED) is 0.747. The molecule has 0 amide bonds. The van der Waals surface area contributed by atoms with Crippen LogP contribution in [0, 0.1) is 6.92 Å². The summed E-state index contributed by atoms with van der Waals surface area (Å²) in [6.07, 6.45) is 1.01. The fourth-order valence-corrected chi connectivity index (χ4v) is 7.04. The van der Waals surface area contributed by atoms with Gasteiger partial charge in [-0.3, -0.25) is 0 Å². The van der Waals surface area contributed by atoms with Crippen LogP contribution in [0.3, 0.4) is 0 Å². The number of halogens is 1. The molecule has 124 valence electrons. The van der Waals surface area contributed by atoms with E-state index in [4.69, 9.17) is 0 Å². The minimum Gasteiger partial charge on any atom is -0.229 e. The van der Waals surface area contributed by atoms with E-state index in [9.17, 15) is 16.8 Å². The molecule has 2 rings (SSSR count). The molecule has 5 nitrogen and oxygen atoms in total. The summed E-state index contributed by atoms with van der Waals surface area (Å²) in [5, 5.41) is 0. The van der Waals surface area contributed by atoms with Crippen molar-refractivity contribution < 1.29 is 16.8 Å². The lowest BCUT2D eigenvalue weighted by Gasteiger charge is -2.27. The minimum absolute atomic E-state index is 0.0604. The molecule has 1 aromatic carbocycles. The van der Waals surface area contributed by atoms with Crippen LogP contribution >= 0.6 is 15.9 Å². The number of hydrogen-bond acceptors (Lipinski definition) is 4. The molecular formula is C14H20BrNO4S2. The second-order valence-corrected chi connectivity index (χ2v) is 10.6. The summed E-state index contributed by atoms with van der Waals surface area (Å²) in [5.74, 6) is -0.0237. The van der Waals surface area contributed by atoms with Gasteiger partial charge in [0.2, 0.25) is 10.0 Å². The van der Waals surface area contributed by atoms with Crippen molar-refractivity contribution in [3.8, 4) is 0 Å². The monoisotopic (exact) mass is 409 g/mol. The zero-order chi connectivity index (χ0) is 16.5. The van der Waals surface area contributed by atoms with Crippen molar-refractivity contribution in [2.45, 2.75) is 37.6 Å². The maximum Gasteiger partial charge on any atom is 0.243 e. The molecule has 1 fully saturated rings. The fraction of sp³-hybridized carbons (Fsp3) is 0.571. The summed E-state index contributed by atoms with van der Waals surface area (Å²) in [7, 11) is -6.85. The Balaban J connectivity index is 2.45. The van der Waals surface area contributed by atoms with Gasteiger partial charge in [0.1, 0.15) is 0 Å². The Morgan fingerprint density at radius 1 is 1.36 bits per heavy atom. The van der Waals surface area contributed by atoms with E-state index in [0.29, 0.717) is 29.4 Å². The molecule has 1 aliphatic heterocycles. The minimum atomic E-state index is -3.71. The predicted molar refractivity (Wildman–Crippen MR) is 90.1 cm³/mol. The lowest BCUT2D eigenvalue weighted by atomic mass is 10.2. The number of sulfone groups is 1. The first kappa shape index (κ1) is 17.9. The van der Waals surface area contributed by atoms with E-state index >= 15 is 0 Å². The molecule has 0 radical (unpaired) electrons. The molecule has 0 aliphatic carbocycles. The van der Waals surface area contributed by atoms with Gasteiger partial charge in [-0.05, 0) is 37.5 Å². The molecular weight excluding hydrogens is 390 g/mol. The zero-order valence-corrected chi connectivity index (χ0v) is 15.8. The van der Waals surface area contributed by atoms with Gasteiger partial charge in [0, 0.05) is 17.1 Å². The van der Waals surface area contributed by atoms with E-state index in [2.05, 4.69) is 15.9 Å². The summed E-state index contributed by atoms with van der Waals surface area (Å²) < 4.78 is 51.5. The van der Waals surface area contributed by atoms with Crippen LogP contribution in [0.2, 0.25) is 0 Å². The molecule has 1 heterocycles. The van der Waals surface area contributed by atoms with Gasteiger partial charge in [-0.25, -0.2) is 16.8 Å². The summed E-state index contributed by atoms with van der Waals surface area (Å²) >= 11 is 3.30. The van der Waals surface area contributed by atoms with Gasteiger partial charge in [0.25, 0.3) is 0 Å². The first-order chi connectivity index (χ1) is 10.2. The number of benzene rings is 1. The third kappa shape index (κ3) is 3.72. The van der Waals surface area contributed by atoms with Gasteiger partial charge in [-0.2, -0.15) is 4.31 Å². The van der Waals surface area contributed by atoms with Crippen molar-refractivity contribution in [3.05, 3.63) is 28.2 Å². The van der Waals surface area contributed by atoms with Crippen LogP contribution in [-0.2, 0) is 19.9 Å². The number of aryl methyl sites for hydroxylation is 1. The highest BCUT2D eigenvalue weighted by molar-refractivity contribution is 9.10. The molecule has 0 aromatic heterocycles. The summed E-state index contributed by atoms with van der Waals surface area (Å²) in [5.41, 5.74) is 0.658. The zero-order valence-electron chi connectivity index (χ0n) is 12.6. The van der Waals surface area contributed by atoms with Gasteiger partial charge in [-0.1, -0.05) is 28.9 Å². The fourth-order valence-electron chi connectivity index (χ4n) is 2.70. The molecule has 8 heteroatoms. The first-order valence-corrected chi connectivity index (χ1v) is 11.2. The molecule has 0 N–H and O–H groups in total. The molecule has 1 saturated heterocycles. The standard InChI is InChI=1S/C14H20BrNO4S2/c1-3-7-16(13-6-8-21(17,18)10-13)22(19,20)14-9-12(15)5-4-11(14)2/h4-5,9,13H,3,6-8,10H2,1-2H3/t13-/m0/s1. The maximum absolute atomic E-state index is 13.0. The molecule has 22 heavy (non-hydrogen) atoms. The van der Waals surface area contributed by atoms with E-state index in [1.165, 1.54) is 4.31 Å². The average Bonchev–Trinajstić information content (AvgIpc) is 2.78. The van der Waals surface area contributed by atoms with Crippen molar-refractivity contribution in [1.82, 2.24) is 4.31 Å². The summed E-state index contributed by atoms with van der Waals surface area (Å²) in [6, 6.07) is 4.65. The van der Waals surface area contributed by atoms with E-state index in [-0.39, 0.29) is 16.4 Å². The van der Waals surface area contributed by atoms with Crippen LogP contribution in [0.1, 0.15) is 25.3 Å². The second kappa shape index (κ2) is 6.59. The third-order valence-electron chi connectivity index (χ3n) is 3.80. The Bertz CT molecular complexity index is 759. The Morgan fingerprint density at radius 2 is 2.05 bits per heavy atom. The largest absolute Gasteiger partial charge is 0.243 e. The molecule has 0 spiro atoms. The van der Waals surface area contributed by atoms with E-state index in [0.717, 1.165) is 0 Å². The van der Waals surface area contributed by atoms with E-state index in [1.807, 2.05) is 6.92 Å². The SMILES string of the molecule is CCCN([C@H]1CCS(=O)(=O)C1)S(=O)(=O)c1cc(Br)ccc1C. The number of sulfonamides is 1. The normalized spacial score (nSPS) is 21.4. The van der Waals surface area contributed by atoms with Crippen molar-refractivity contribution in [3.63, 3.8) is 0 Å². The van der Waals surface area contributed by atoms with Crippen LogP contribution in [0.5, 0.6) is 0 Å². The van der Waals surface area contributed by atoms with Gasteiger partial charge in [-0.15, -0.1) is 0 Å². The number of nitrogens with zero attached hydrogens (tertiary/aromatic N) is 1. The van der Waals surface area contributed by atoms with Crippen LogP contribution in [-0.4, -0.2) is 45.2 Å². The van der Waals surface area contributed by atoms with E-state index < -0.39 is 25.9 Å². The maximum atomic E-state index is 13.0. The Kier molecular flexibility index (Phi) is 5.36. The van der Waals surface area contributed by atoms with Crippen LogP contribution in [0.15, 0.2) is 27.6 Å². The Morgan fingerprint density at radius 3 is 2.59 bits per heavy atom. The number of hydrogen-bond donors (Lipinski definition) is 0. The summed E-state index contributed by atoms with van der Waals surface area (Å²) in [4.78, 5) is 0.236. The van der Waals surface area contributed by atoms with Gasteiger partial charge >= 0.3 is 0 Å². The first-order valence-electron chi connectivity index (χ1n) is 7.16. The molecule has 1 aliphatic rings. The van der Waals surface area contributed by atoms with Gasteiger partial charge in [0.15, 0.2) is 9.84 Å². The highest BCUT2D eigenvalue weighted by atomic mass is 79.9. The van der Waals surface area contributed by atoms with Crippen LogP contribution in [0.4, 0.5) is 0 Å². The third-order valence-corrected chi connectivity index (χ3v) is 8.13. The van der Waals surface area contributed by atoms with Crippen LogP contribution < -0.4 is 0 Å². The lowest BCUT2D eigenvalue weighted by molar-refractivity contribution is 0.340. The smallest absolute Gasteiger partial charge is 0.229 e. The van der Waals surface area contributed by atoms with E-state index in [1.54, 1.807) is 25.1 Å². The van der Waals surface area contributed by atoms with Gasteiger partial charge < -0.3 is 0 Å². The second-order valence-electron chi connectivity index (χ2n) is 5.58. The van der Waals surface area contributed by atoms with Crippen molar-refractivity contribution in [2.75, 3.05) is 18.1 Å². The average molecular weight is 410 g/mol.